The lowest BCUT2D eigenvalue weighted by atomic mass is 10.1. The highest BCUT2D eigenvalue weighted by Gasteiger charge is 2.10. The molecule has 0 fully saturated rings. The molecule has 138 valence electrons. The lowest BCUT2D eigenvalue weighted by Crippen LogP contribution is -2.03. The maximum absolute atomic E-state index is 12.0. The molecule has 0 unspecified atom stereocenters. The molecule has 5 nitrogen and oxygen atoms in total. The second-order valence-corrected chi connectivity index (χ2v) is 5.55. The van der Waals surface area contributed by atoms with Crippen LogP contribution in [0.5, 0.6) is 17.2 Å². The minimum Gasteiger partial charge on any atom is -0.493 e. The van der Waals surface area contributed by atoms with Gasteiger partial charge in [0, 0.05) is 11.6 Å². The molecular weight excluding hydrogens is 332 g/mol. The van der Waals surface area contributed by atoms with Crippen molar-refractivity contribution in [2.75, 3.05) is 20.8 Å². The zero-order valence-electron chi connectivity index (χ0n) is 15.6. The molecule has 0 spiro atoms. The Morgan fingerprint density at radius 1 is 1.04 bits per heavy atom. The number of carbonyl (C=O) groups is 1. The standard InChI is InChI=1S/C21H24O5/c1-5-25-18-9-7-6-8-16(18)10-11-21(22)26-14-17-13-20(24-4)19(23-3)12-15(17)2/h6-13H,5,14H2,1-4H3/b11-10+. The molecule has 2 aromatic rings. The zero-order chi connectivity index (χ0) is 18.9. The predicted molar refractivity (Wildman–Crippen MR) is 101 cm³/mol. The minimum atomic E-state index is -0.425. The number of benzene rings is 2. The van der Waals surface area contributed by atoms with Crippen LogP contribution in [0.4, 0.5) is 0 Å². The molecule has 0 aliphatic rings. The highest BCUT2D eigenvalue weighted by atomic mass is 16.5. The van der Waals surface area contributed by atoms with Gasteiger partial charge in [0.2, 0.25) is 0 Å². The highest BCUT2D eigenvalue weighted by Crippen LogP contribution is 2.30. The third kappa shape index (κ3) is 5.02. The number of rotatable bonds is 8. The van der Waals surface area contributed by atoms with E-state index in [4.69, 9.17) is 18.9 Å². The molecule has 0 atom stereocenters. The van der Waals surface area contributed by atoms with Crippen molar-refractivity contribution in [3.63, 3.8) is 0 Å². The van der Waals surface area contributed by atoms with Crippen LogP contribution in [0.3, 0.4) is 0 Å². The minimum absolute atomic E-state index is 0.155. The summed E-state index contributed by atoms with van der Waals surface area (Å²) >= 11 is 0. The van der Waals surface area contributed by atoms with Crippen molar-refractivity contribution in [3.8, 4) is 17.2 Å². The molecule has 0 aliphatic heterocycles. The van der Waals surface area contributed by atoms with Gasteiger partial charge in [0.15, 0.2) is 11.5 Å². The lowest BCUT2D eigenvalue weighted by molar-refractivity contribution is -0.138. The number of hydrogen-bond acceptors (Lipinski definition) is 5. The fourth-order valence-corrected chi connectivity index (χ4v) is 2.44. The second kappa shape index (κ2) is 9.51. The topological polar surface area (TPSA) is 54.0 Å². The van der Waals surface area contributed by atoms with E-state index in [0.29, 0.717) is 18.1 Å². The van der Waals surface area contributed by atoms with Crippen LogP contribution < -0.4 is 14.2 Å². The Kier molecular flexibility index (Phi) is 7.09. The van der Waals surface area contributed by atoms with Crippen molar-refractivity contribution in [3.05, 3.63) is 59.2 Å². The SMILES string of the molecule is CCOc1ccccc1/C=C/C(=O)OCc1cc(OC)c(OC)cc1C. The van der Waals surface area contributed by atoms with Gasteiger partial charge in [0.25, 0.3) is 0 Å². The first-order valence-electron chi connectivity index (χ1n) is 8.37. The molecule has 5 heteroatoms. The largest absolute Gasteiger partial charge is 0.493 e. The summed E-state index contributed by atoms with van der Waals surface area (Å²) in [7, 11) is 3.16. The molecule has 0 amide bonds. The third-order valence-corrected chi connectivity index (χ3v) is 3.83. The van der Waals surface area contributed by atoms with Crippen LogP contribution >= 0.6 is 0 Å². The quantitative estimate of drug-likeness (QED) is 0.525. The maximum Gasteiger partial charge on any atom is 0.331 e. The first-order valence-corrected chi connectivity index (χ1v) is 8.37. The molecule has 26 heavy (non-hydrogen) atoms. The first-order chi connectivity index (χ1) is 12.6. The average molecular weight is 356 g/mol. The van der Waals surface area contributed by atoms with Crippen LogP contribution in [0.25, 0.3) is 6.08 Å². The second-order valence-electron chi connectivity index (χ2n) is 5.55. The van der Waals surface area contributed by atoms with Gasteiger partial charge < -0.3 is 18.9 Å². The molecule has 0 saturated heterocycles. The summed E-state index contributed by atoms with van der Waals surface area (Å²) in [6.45, 7) is 4.57. The number of hydrogen-bond donors (Lipinski definition) is 0. The molecule has 0 aromatic heterocycles. The van der Waals surface area contributed by atoms with Gasteiger partial charge in [-0.1, -0.05) is 18.2 Å². The van der Waals surface area contributed by atoms with Gasteiger partial charge in [0.1, 0.15) is 12.4 Å². The van der Waals surface area contributed by atoms with Crippen LogP contribution in [0, 0.1) is 6.92 Å². The van der Waals surface area contributed by atoms with Crippen molar-refractivity contribution in [2.24, 2.45) is 0 Å². The Labute approximate surface area is 154 Å². The van der Waals surface area contributed by atoms with Crippen LogP contribution in [-0.4, -0.2) is 26.8 Å². The molecular formula is C21H24O5. The summed E-state index contributed by atoms with van der Waals surface area (Å²) < 4.78 is 21.4. The Morgan fingerprint density at radius 3 is 2.42 bits per heavy atom. The van der Waals surface area contributed by atoms with Gasteiger partial charge in [-0.25, -0.2) is 4.79 Å². The molecule has 2 rings (SSSR count). The molecule has 0 radical (unpaired) electrons. The smallest absolute Gasteiger partial charge is 0.331 e. The number of methoxy groups -OCH3 is 2. The highest BCUT2D eigenvalue weighted by molar-refractivity contribution is 5.87. The number of aryl methyl sites for hydroxylation is 1. The summed E-state index contributed by atoms with van der Waals surface area (Å²) in [6, 6.07) is 11.2. The van der Waals surface area contributed by atoms with E-state index in [1.807, 2.05) is 50.2 Å². The number of ether oxygens (including phenoxy) is 4. The van der Waals surface area contributed by atoms with Gasteiger partial charge >= 0.3 is 5.97 Å². The average Bonchev–Trinajstić information content (AvgIpc) is 2.66. The predicted octanol–water partition coefficient (Wildman–Crippen LogP) is 4.17. The van der Waals surface area contributed by atoms with Crippen molar-refractivity contribution < 1.29 is 23.7 Å². The number of para-hydroxylation sites is 1. The van der Waals surface area contributed by atoms with Crippen molar-refractivity contribution >= 4 is 12.0 Å². The van der Waals surface area contributed by atoms with E-state index < -0.39 is 5.97 Å². The van der Waals surface area contributed by atoms with Gasteiger partial charge in [-0.15, -0.1) is 0 Å². The Hall–Kier alpha value is -2.95. The lowest BCUT2D eigenvalue weighted by Gasteiger charge is -2.12. The molecule has 0 N–H and O–H groups in total. The molecule has 0 aliphatic carbocycles. The summed E-state index contributed by atoms with van der Waals surface area (Å²) in [5.74, 6) is 1.55. The van der Waals surface area contributed by atoms with E-state index in [0.717, 1.165) is 22.4 Å². The fraction of sp³-hybridized carbons (Fsp3) is 0.286. The van der Waals surface area contributed by atoms with E-state index >= 15 is 0 Å². The summed E-state index contributed by atoms with van der Waals surface area (Å²) in [5, 5.41) is 0. The van der Waals surface area contributed by atoms with E-state index in [1.165, 1.54) is 6.08 Å². The van der Waals surface area contributed by atoms with Crippen LogP contribution in [0.1, 0.15) is 23.6 Å². The van der Waals surface area contributed by atoms with Crippen molar-refractivity contribution in [1.29, 1.82) is 0 Å². The molecule has 0 heterocycles. The fourth-order valence-electron chi connectivity index (χ4n) is 2.44. The maximum atomic E-state index is 12.0. The first kappa shape index (κ1) is 19.4. The van der Waals surface area contributed by atoms with E-state index in [2.05, 4.69) is 0 Å². The van der Waals surface area contributed by atoms with Crippen LogP contribution in [-0.2, 0) is 16.1 Å². The monoisotopic (exact) mass is 356 g/mol. The zero-order valence-corrected chi connectivity index (χ0v) is 15.6. The van der Waals surface area contributed by atoms with Crippen molar-refractivity contribution in [1.82, 2.24) is 0 Å². The van der Waals surface area contributed by atoms with Gasteiger partial charge in [-0.3, -0.25) is 0 Å². The van der Waals surface area contributed by atoms with Gasteiger partial charge in [0.05, 0.1) is 20.8 Å². The third-order valence-electron chi connectivity index (χ3n) is 3.83. The van der Waals surface area contributed by atoms with E-state index in [-0.39, 0.29) is 6.61 Å². The van der Waals surface area contributed by atoms with E-state index in [9.17, 15) is 4.79 Å². The number of esters is 1. The Morgan fingerprint density at radius 2 is 1.73 bits per heavy atom. The van der Waals surface area contributed by atoms with Crippen LogP contribution in [0.2, 0.25) is 0 Å². The van der Waals surface area contributed by atoms with Crippen molar-refractivity contribution in [2.45, 2.75) is 20.5 Å². The summed E-state index contributed by atoms with van der Waals surface area (Å²) in [4.78, 5) is 12.0. The Balaban J connectivity index is 2.03. The van der Waals surface area contributed by atoms with Crippen LogP contribution in [0.15, 0.2) is 42.5 Å². The Bertz CT molecular complexity index is 780. The molecule has 2 aromatic carbocycles. The molecule has 0 bridgehead atoms. The van der Waals surface area contributed by atoms with Gasteiger partial charge in [-0.2, -0.15) is 0 Å². The molecule has 0 saturated carbocycles. The number of carbonyl (C=O) groups excluding carboxylic acids is 1. The normalized spacial score (nSPS) is 10.6. The van der Waals surface area contributed by atoms with Gasteiger partial charge in [-0.05, 0) is 49.2 Å². The summed E-state index contributed by atoms with van der Waals surface area (Å²) in [6.07, 6.45) is 3.09. The van der Waals surface area contributed by atoms with E-state index in [1.54, 1.807) is 20.3 Å². The summed E-state index contributed by atoms with van der Waals surface area (Å²) in [5.41, 5.74) is 2.65.